The molecule has 1 N–H and O–H groups in total. The van der Waals surface area contributed by atoms with Crippen molar-refractivity contribution < 1.29 is 4.74 Å². The first kappa shape index (κ1) is 16.1. The van der Waals surface area contributed by atoms with E-state index in [9.17, 15) is 0 Å². The van der Waals surface area contributed by atoms with Crippen LogP contribution in [0, 0.1) is 0 Å². The van der Waals surface area contributed by atoms with Crippen molar-refractivity contribution in [2.75, 3.05) is 11.9 Å². The highest BCUT2D eigenvalue weighted by Crippen LogP contribution is 2.37. The fourth-order valence-electron chi connectivity index (χ4n) is 1.81. The second-order valence-electron chi connectivity index (χ2n) is 4.19. The number of aromatic nitrogens is 2. The second kappa shape index (κ2) is 7.16. The molecule has 0 saturated carbocycles. The predicted octanol–water partition coefficient (Wildman–Crippen LogP) is 5.22. The quantitative estimate of drug-likeness (QED) is 0.754. The number of hydrogen-bond donors (Lipinski definition) is 1. The van der Waals surface area contributed by atoms with Crippen LogP contribution < -0.4 is 10.1 Å². The minimum absolute atomic E-state index is 0.370. The summed E-state index contributed by atoms with van der Waals surface area (Å²) in [5.41, 5.74) is 0.876. The van der Waals surface area contributed by atoms with Gasteiger partial charge in [-0.3, -0.25) is 0 Å². The Morgan fingerprint density at radius 2 is 1.76 bits per heavy atom. The molecule has 1 heterocycles. The van der Waals surface area contributed by atoms with E-state index in [-0.39, 0.29) is 0 Å². The van der Waals surface area contributed by atoms with Gasteiger partial charge < -0.3 is 10.1 Å². The van der Waals surface area contributed by atoms with E-state index in [4.69, 9.17) is 39.5 Å². The Morgan fingerprint density at radius 3 is 2.43 bits per heavy atom. The molecule has 0 fully saturated rings. The number of halogens is 3. The third kappa shape index (κ3) is 3.70. The van der Waals surface area contributed by atoms with Crippen molar-refractivity contribution in [1.29, 1.82) is 0 Å². The van der Waals surface area contributed by atoms with Gasteiger partial charge in [-0.15, -0.1) is 0 Å². The first-order valence-corrected chi connectivity index (χ1v) is 7.60. The highest BCUT2D eigenvalue weighted by Gasteiger charge is 2.14. The van der Waals surface area contributed by atoms with E-state index in [1.54, 1.807) is 12.1 Å². The molecule has 0 aliphatic heterocycles. The molecule has 0 aliphatic rings. The maximum atomic E-state index is 6.12. The van der Waals surface area contributed by atoms with E-state index >= 15 is 0 Å². The van der Waals surface area contributed by atoms with Gasteiger partial charge in [0.05, 0.1) is 20.6 Å². The summed E-state index contributed by atoms with van der Waals surface area (Å²) in [6.45, 7) is 4.76. The van der Waals surface area contributed by atoms with Gasteiger partial charge in [0, 0.05) is 12.6 Å². The molecule has 2 aromatic rings. The molecule has 7 heteroatoms. The van der Waals surface area contributed by atoms with Crippen LogP contribution in [0.5, 0.6) is 11.6 Å². The lowest BCUT2D eigenvalue weighted by atomic mass is 10.2. The Balaban J connectivity index is 2.40. The minimum Gasteiger partial charge on any atom is -0.437 e. The van der Waals surface area contributed by atoms with Gasteiger partial charge in [-0.1, -0.05) is 41.7 Å². The van der Waals surface area contributed by atoms with Gasteiger partial charge in [0.25, 0.3) is 0 Å². The van der Waals surface area contributed by atoms with Crippen LogP contribution in [0.15, 0.2) is 18.5 Å². The van der Waals surface area contributed by atoms with Gasteiger partial charge in [0.1, 0.15) is 17.9 Å². The van der Waals surface area contributed by atoms with E-state index in [0.29, 0.717) is 26.7 Å². The molecule has 0 unspecified atom stereocenters. The van der Waals surface area contributed by atoms with E-state index < -0.39 is 0 Å². The number of hydrogen-bond acceptors (Lipinski definition) is 4. The molecule has 1 aromatic heterocycles. The topological polar surface area (TPSA) is 47.0 Å². The molecule has 1 aromatic carbocycles. The lowest BCUT2D eigenvalue weighted by Gasteiger charge is -2.14. The highest BCUT2D eigenvalue weighted by atomic mass is 35.5. The third-order valence-corrected chi connectivity index (χ3v) is 3.80. The monoisotopic (exact) mass is 345 g/mol. The van der Waals surface area contributed by atoms with Crippen LogP contribution in [0.2, 0.25) is 15.1 Å². The molecule has 21 heavy (non-hydrogen) atoms. The first-order valence-electron chi connectivity index (χ1n) is 6.46. The van der Waals surface area contributed by atoms with E-state index in [1.807, 2.05) is 13.8 Å². The largest absolute Gasteiger partial charge is 0.437 e. The van der Waals surface area contributed by atoms with Crippen LogP contribution in [0.25, 0.3) is 0 Å². The first-order chi connectivity index (χ1) is 10.1. The van der Waals surface area contributed by atoms with Gasteiger partial charge in [0.15, 0.2) is 0 Å². The van der Waals surface area contributed by atoms with Gasteiger partial charge in [-0.05, 0) is 19.4 Å². The summed E-state index contributed by atoms with van der Waals surface area (Å²) in [7, 11) is 0. The average molecular weight is 347 g/mol. The summed E-state index contributed by atoms with van der Waals surface area (Å²) < 4.78 is 5.79. The Hall–Kier alpha value is -1.23. The standard InChI is InChI=1S/C14H14Cl3N3O/c1-3-8-13(18-4-2)19-7-20-14(8)21-12-6-10(16)9(15)5-11(12)17/h5-7H,3-4H2,1-2H3,(H,18,19,20). The van der Waals surface area contributed by atoms with Crippen LogP contribution in [-0.4, -0.2) is 16.5 Å². The molecule has 0 saturated heterocycles. The van der Waals surface area contributed by atoms with Crippen LogP contribution in [0.3, 0.4) is 0 Å². The molecule has 0 aliphatic carbocycles. The third-order valence-electron chi connectivity index (χ3n) is 2.79. The SMILES string of the molecule is CCNc1ncnc(Oc2cc(Cl)c(Cl)cc2Cl)c1CC. The van der Waals surface area contributed by atoms with Crippen molar-refractivity contribution in [3.63, 3.8) is 0 Å². The van der Waals surface area contributed by atoms with Gasteiger partial charge in [0.2, 0.25) is 5.88 Å². The Labute approximate surface area is 138 Å². The summed E-state index contributed by atoms with van der Waals surface area (Å²) in [6, 6.07) is 3.11. The van der Waals surface area contributed by atoms with Crippen LogP contribution in [-0.2, 0) is 6.42 Å². The maximum absolute atomic E-state index is 6.12. The lowest BCUT2D eigenvalue weighted by molar-refractivity contribution is 0.456. The van der Waals surface area contributed by atoms with Crippen molar-refractivity contribution in [1.82, 2.24) is 9.97 Å². The summed E-state index contributed by atoms with van der Waals surface area (Å²) >= 11 is 18.0. The normalized spacial score (nSPS) is 10.5. The highest BCUT2D eigenvalue weighted by molar-refractivity contribution is 6.43. The molecular formula is C14H14Cl3N3O. The number of nitrogens with one attached hydrogen (secondary N) is 1. The Morgan fingerprint density at radius 1 is 1.05 bits per heavy atom. The Bertz CT molecular complexity index is 650. The number of rotatable bonds is 5. The fraction of sp³-hybridized carbons (Fsp3) is 0.286. The number of nitrogens with zero attached hydrogens (tertiary/aromatic N) is 2. The Kier molecular flexibility index (Phi) is 5.51. The van der Waals surface area contributed by atoms with E-state index in [2.05, 4.69) is 15.3 Å². The zero-order valence-corrected chi connectivity index (χ0v) is 13.9. The van der Waals surface area contributed by atoms with Gasteiger partial charge in [-0.2, -0.15) is 0 Å². The lowest BCUT2D eigenvalue weighted by Crippen LogP contribution is -2.05. The minimum atomic E-state index is 0.370. The maximum Gasteiger partial charge on any atom is 0.227 e. The van der Waals surface area contributed by atoms with Crippen LogP contribution in [0.4, 0.5) is 5.82 Å². The van der Waals surface area contributed by atoms with Crippen LogP contribution >= 0.6 is 34.8 Å². The average Bonchev–Trinajstić information content (AvgIpc) is 2.45. The van der Waals surface area contributed by atoms with E-state index in [0.717, 1.165) is 24.3 Å². The molecule has 0 radical (unpaired) electrons. The number of anilines is 1. The molecule has 4 nitrogen and oxygen atoms in total. The molecule has 0 bridgehead atoms. The summed E-state index contributed by atoms with van der Waals surface area (Å²) in [6.07, 6.45) is 2.16. The molecule has 2 rings (SSSR count). The fourth-order valence-corrected chi connectivity index (χ4v) is 2.38. The van der Waals surface area contributed by atoms with Crippen LogP contribution in [0.1, 0.15) is 19.4 Å². The molecule has 0 amide bonds. The van der Waals surface area contributed by atoms with Crippen molar-refractivity contribution in [3.8, 4) is 11.6 Å². The summed E-state index contributed by atoms with van der Waals surface area (Å²) in [5.74, 6) is 1.60. The van der Waals surface area contributed by atoms with Crippen molar-refractivity contribution in [2.24, 2.45) is 0 Å². The van der Waals surface area contributed by atoms with Crippen molar-refractivity contribution in [2.45, 2.75) is 20.3 Å². The van der Waals surface area contributed by atoms with Crippen molar-refractivity contribution >= 4 is 40.6 Å². The summed E-state index contributed by atoms with van der Waals surface area (Å²) in [5, 5.41) is 4.29. The van der Waals surface area contributed by atoms with Gasteiger partial charge >= 0.3 is 0 Å². The summed E-state index contributed by atoms with van der Waals surface area (Å²) in [4.78, 5) is 8.39. The molecule has 0 spiro atoms. The molecular weight excluding hydrogens is 333 g/mol. The number of benzene rings is 1. The molecule has 112 valence electrons. The van der Waals surface area contributed by atoms with Crippen molar-refractivity contribution in [3.05, 3.63) is 39.1 Å². The predicted molar refractivity (Wildman–Crippen MR) is 87.1 cm³/mol. The zero-order chi connectivity index (χ0) is 15.4. The smallest absolute Gasteiger partial charge is 0.227 e. The van der Waals surface area contributed by atoms with E-state index in [1.165, 1.54) is 6.33 Å². The number of ether oxygens (including phenoxy) is 1. The second-order valence-corrected chi connectivity index (χ2v) is 5.41. The van der Waals surface area contributed by atoms with Gasteiger partial charge in [-0.25, -0.2) is 9.97 Å². The molecule has 0 atom stereocenters. The zero-order valence-electron chi connectivity index (χ0n) is 11.6.